The summed E-state index contributed by atoms with van der Waals surface area (Å²) in [4.78, 5) is 13.9. The van der Waals surface area contributed by atoms with Gasteiger partial charge in [0, 0.05) is 12.5 Å². The van der Waals surface area contributed by atoms with Crippen molar-refractivity contribution in [3.8, 4) is 0 Å². The Morgan fingerprint density at radius 1 is 1.46 bits per heavy atom. The van der Waals surface area contributed by atoms with Gasteiger partial charge in [0.2, 0.25) is 5.91 Å². The molecule has 0 unspecified atom stereocenters. The van der Waals surface area contributed by atoms with E-state index in [1.807, 2.05) is 4.90 Å². The van der Waals surface area contributed by atoms with Crippen molar-refractivity contribution in [1.29, 1.82) is 0 Å². The zero-order chi connectivity index (χ0) is 9.42. The summed E-state index contributed by atoms with van der Waals surface area (Å²) >= 11 is 0. The quantitative estimate of drug-likeness (QED) is 0.636. The Morgan fingerprint density at radius 3 is 2.54 bits per heavy atom. The molecule has 3 heteroatoms. The van der Waals surface area contributed by atoms with Gasteiger partial charge in [-0.3, -0.25) is 4.79 Å². The Balaban J connectivity index is 1.97. The van der Waals surface area contributed by atoms with Crippen molar-refractivity contribution in [2.24, 2.45) is 11.8 Å². The molecule has 13 heavy (non-hydrogen) atoms. The summed E-state index contributed by atoms with van der Waals surface area (Å²) in [5.74, 6) is 1.10. The number of nitrogens with zero attached hydrogens (tertiary/aromatic N) is 1. The van der Waals surface area contributed by atoms with Crippen molar-refractivity contribution in [2.75, 3.05) is 19.8 Å². The summed E-state index contributed by atoms with van der Waals surface area (Å²) in [6.07, 6.45) is 1.03. The fourth-order valence-electron chi connectivity index (χ4n) is 2.11. The summed E-state index contributed by atoms with van der Waals surface area (Å²) in [5.41, 5.74) is 0. The van der Waals surface area contributed by atoms with Gasteiger partial charge in [0.05, 0.1) is 19.3 Å². The molecule has 1 amide bonds. The number of likely N-dealkylation sites (tertiary alicyclic amines) is 1. The Labute approximate surface area is 79.0 Å². The molecule has 0 bridgehead atoms. The highest BCUT2D eigenvalue weighted by molar-refractivity contribution is 5.81. The molecule has 0 aromatic heterocycles. The Bertz CT molecular complexity index is 211. The lowest BCUT2D eigenvalue weighted by atomic mass is 9.95. The van der Waals surface area contributed by atoms with Gasteiger partial charge in [-0.05, 0) is 12.3 Å². The fourth-order valence-corrected chi connectivity index (χ4v) is 2.11. The maximum Gasteiger partial charge on any atom is 0.226 e. The van der Waals surface area contributed by atoms with Gasteiger partial charge in [-0.1, -0.05) is 13.8 Å². The van der Waals surface area contributed by atoms with Crippen molar-refractivity contribution in [1.82, 2.24) is 4.90 Å². The van der Waals surface area contributed by atoms with E-state index < -0.39 is 0 Å². The van der Waals surface area contributed by atoms with E-state index in [-0.39, 0.29) is 5.92 Å². The molecule has 0 aliphatic carbocycles. The molecule has 2 fully saturated rings. The number of hydrogen-bond donors (Lipinski definition) is 0. The summed E-state index contributed by atoms with van der Waals surface area (Å²) < 4.78 is 5.10. The predicted molar refractivity (Wildman–Crippen MR) is 49.3 cm³/mol. The van der Waals surface area contributed by atoms with Crippen LogP contribution in [0.4, 0.5) is 0 Å². The van der Waals surface area contributed by atoms with Crippen LogP contribution < -0.4 is 0 Å². The van der Waals surface area contributed by atoms with E-state index in [1.54, 1.807) is 0 Å². The molecular formula is C10H17NO2. The van der Waals surface area contributed by atoms with Crippen LogP contribution >= 0.6 is 0 Å². The van der Waals surface area contributed by atoms with Gasteiger partial charge >= 0.3 is 0 Å². The highest BCUT2D eigenvalue weighted by atomic mass is 16.5. The Kier molecular flexibility index (Phi) is 2.28. The molecule has 2 rings (SSSR count). The Morgan fingerprint density at radius 2 is 2.15 bits per heavy atom. The standard InChI is InChI=1S/C10H17NO2/c1-7(2)9-3-4-11(10(9)12)8-5-13-6-8/h7-9H,3-6H2,1-2H3/t9-/m1/s1. The van der Waals surface area contributed by atoms with Crippen LogP contribution in [0.2, 0.25) is 0 Å². The monoisotopic (exact) mass is 183 g/mol. The zero-order valence-corrected chi connectivity index (χ0v) is 8.32. The lowest BCUT2D eigenvalue weighted by Crippen LogP contribution is -2.50. The number of hydrogen-bond acceptors (Lipinski definition) is 2. The lowest BCUT2D eigenvalue weighted by Gasteiger charge is -2.34. The van der Waals surface area contributed by atoms with Gasteiger partial charge in [-0.15, -0.1) is 0 Å². The first-order valence-corrected chi connectivity index (χ1v) is 5.08. The molecule has 3 nitrogen and oxygen atoms in total. The molecule has 0 radical (unpaired) electrons. The molecule has 0 aromatic carbocycles. The highest BCUT2D eigenvalue weighted by Crippen LogP contribution is 2.28. The second-order valence-electron chi connectivity index (χ2n) is 4.36. The number of ether oxygens (including phenoxy) is 1. The van der Waals surface area contributed by atoms with Crippen molar-refractivity contribution >= 4 is 5.91 Å². The summed E-state index contributed by atoms with van der Waals surface area (Å²) in [7, 11) is 0. The number of amides is 1. The van der Waals surface area contributed by atoms with E-state index in [0.717, 1.165) is 26.2 Å². The van der Waals surface area contributed by atoms with Crippen LogP contribution in [0.15, 0.2) is 0 Å². The highest BCUT2D eigenvalue weighted by Gasteiger charge is 2.39. The largest absolute Gasteiger partial charge is 0.377 e. The normalized spacial score (nSPS) is 29.9. The average Bonchev–Trinajstić information content (AvgIpc) is 2.29. The minimum absolute atomic E-state index is 0.264. The van der Waals surface area contributed by atoms with Crippen LogP contribution in [0, 0.1) is 11.8 Å². The number of carbonyl (C=O) groups is 1. The molecule has 0 aromatic rings. The number of carbonyl (C=O) groups excluding carboxylic acids is 1. The summed E-state index contributed by atoms with van der Waals surface area (Å²) in [5, 5.41) is 0. The lowest BCUT2D eigenvalue weighted by molar-refractivity contribution is -0.143. The first kappa shape index (κ1) is 9.00. The molecule has 2 saturated heterocycles. The van der Waals surface area contributed by atoms with E-state index in [0.29, 0.717) is 17.9 Å². The summed E-state index contributed by atoms with van der Waals surface area (Å²) in [6, 6.07) is 0.385. The second kappa shape index (κ2) is 3.29. The molecule has 2 aliphatic heterocycles. The maximum absolute atomic E-state index is 11.9. The minimum Gasteiger partial charge on any atom is -0.377 e. The van der Waals surface area contributed by atoms with Gasteiger partial charge in [0.1, 0.15) is 0 Å². The molecule has 0 spiro atoms. The van der Waals surface area contributed by atoms with E-state index >= 15 is 0 Å². The maximum atomic E-state index is 11.9. The van der Waals surface area contributed by atoms with Crippen LogP contribution in [0.5, 0.6) is 0 Å². The molecule has 0 N–H and O–H groups in total. The molecular weight excluding hydrogens is 166 g/mol. The molecule has 1 atom stereocenters. The first-order chi connectivity index (χ1) is 6.20. The first-order valence-electron chi connectivity index (χ1n) is 5.08. The van der Waals surface area contributed by atoms with Gasteiger partial charge in [0.15, 0.2) is 0 Å². The summed E-state index contributed by atoms with van der Waals surface area (Å²) in [6.45, 7) is 6.69. The van der Waals surface area contributed by atoms with E-state index in [4.69, 9.17) is 4.74 Å². The SMILES string of the molecule is CC(C)[C@H]1CCN(C2COC2)C1=O. The third-order valence-corrected chi connectivity index (χ3v) is 3.15. The van der Waals surface area contributed by atoms with Crippen LogP contribution in [-0.2, 0) is 9.53 Å². The van der Waals surface area contributed by atoms with E-state index in [1.165, 1.54) is 0 Å². The van der Waals surface area contributed by atoms with Gasteiger partial charge < -0.3 is 9.64 Å². The average molecular weight is 183 g/mol. The molecule has 0 saturated carbocycles. The van der Waals surface area contributed by atoms with Crippen molar-refractivity contribution < 1.29 is 9.53 Å². The van der Waals surface area contributed by atoms with Crippen molar-refractivity contribution in [2.45, 2.75) is 26.3 Å². The third kappa shape index (κ3) is 1.46. The van der Waals surface area contributed by atoms with Crippen LogP contribution in [-0.4, -0.2) is 36.6 Å². The van der Waals surface area contributed by atoms with Crippen LogP contribution in [0.1, 0.15) is 20.3 Å². The minimum atomic E-state index is 0.264. The molecule has 2 heterocycles. The van der Waals surface area contributed by atoms with Crippen LogP contribution in [0.25, 0.3) is 0 Å². The van der Waals surface area contributed by atoms with Gasteiger partial charge in [0.25, 0.3) is 0 Å². The zero-order valence-electron chi connectivity index (χ0n) is 8.32. The third-order valence-electron chi connectivity index (χ3n) is 3.15. The van der Waals surface area contributed by atoms with Crippen molar-refractivity contribution in [3.63, 3.8) is 0 Å². The van der Waals surface area contributed by atoms with Gasteiger partial charge in [-0.2, -0.15) is 0 Å². The predicted octanol–water partition coefficient (Wildman–Crippen LogP) is 0.890. The van der Waals surface area contributed by atoms with Crippen molar-refractivity contribution in [3.05, 3.63) is 0 Å². The Hall–Kier alpha value is -0.570. The van der Waals surface area contributed by atoms with Crippen LogP contribution in [0.3, 0.4) is 0 Å². The van der Waals surface area contributed by atoms with E-state index in [9.17, 15) is 4.79 Å². The second-order valence-corrected chi connectivity index (χ2v) is 4.36. The molecule has 74 valence electrons. The van der Waals surface area contributed by atoms with E-state index in [2.05, 4.69) is 13.8 Å². The topological polar surface area (TPSA) is 29.5 Å². The fraction of sp³-hybridized carbons (Fsp3) is 0.900. The van der Waals surface area contributed by atoms with Gasteiger partial charge in [-0.25, -0.2) is 0 Å². The smallest absolute Gasteiger partial charge is 0.226 e. The number of rotatable bonds is 2. The molecule has 2 aliphatic rings.